The molecular weight excluding hydrogens is 320 g/mol. The third kappa shape index (κ3) is 3.67. The van der Waals surface area contributed by atoms with Gasteiger partial charge < -0.3 is 15.0 Å². The molecule has 1 heterocycles. The zero-order valence-corrected chi connectivity index (χ0v) is 15.0. The van der Waals surface area contributed by atoms with Crippen LogP contribution in [-0.4, -0.2) is 24.4 Å². The van der Waals surface area contributed by atoms with Crippen molar-refractivity contribution < 1.29 is 9.53 Å². The number of rotatable bonds is 5. The molecule has 1 unspecified atom stereocenters. The van der Waals surface area contributed by atoms with E-state index in [1.54, 1.807) is 0 Å². The highest BCUT2D eigenvalue weighted by atomic mass is 32.2. The SMILES string of the molecule is CCN1c2cc(C)ccc2SC1COc1ccc(NC(C)=O)cc1. The second-order valence-corrected chi connectivity index (χ2v) is 7.07. The van der Waals surface area contributed by atoms with E-state index in [-0.39, 0.29) is 11.3 Å². The summed E-state index contributed by atoms with van der Waals surface area (Å²) >= 11 is 1.85. The maximum atomic E-state index is 11.0. The summed E-state index contributed by atoms with van der Waals surface area (Å²) in [6.07, 6.45) is 0. The fourth-order valence-electron chi connectivity index (χ4n) is 2.82. The molecule has 3 rings (SSSR count). The number of carbonyl (C=O) groups excluding carboxylic acids is 1. The minimum atomic E-state index is -0.0716. The van der Waals surface area contributed by atoms with Crippen LogP contribution in [-0.2, 0) is 4.79 Å². The van der Waals surface area contributed by atoms with Crippen LogP contribution >= 0.6 is 11.8 Å². The van der Waals surface area contributed by atoms with Crippen LogP contribution in [0, 0.1) is 6.92 Å². The van der Waals surface area contributed by atoms with Crippen molar-refractivity contribution in [1.29, 1.82) is 0 Å². The van der Waals surface area contributed by atoms with E-state index in [0.29, 0.717) is 6.61 Å². The van der Waals surface area contributed by atoms with Crippen molar-refractivity contribution >= 4 is 29.0 Å². The molecule has 5 heteroatoms. The van der Waals surface area contributed by atoms with Crippen molar-refractivity contribution in [2.75, 3.05) is 23.4 Å². The Morgan fingerprint density at radius 1 is 1.25 bits per heavy atom. The van der Waals surface area contributed by atoms with Gasteiger partial charge in [-0.25, -0.2) is 0 Å². The summed E-state index contributed by atoms with van der Waals surface area (Å²) in [6.45, 7) is 7.37. The van der Waals surface area contributed by atoms with E-state index in [0.717, 1.165) is 18.0 Å². The average molecular weight is 342 g/mol. The Morgan fingerprint density at radius 3 is 2.67 bits per heavy atom. The number of likely N-dealkylation sites (N-methyl/N-ethyl adjacent to an activating group) is 1. The predicted molar refractivity (Wildman–Crippen MR) is 100 cm³/mol. The molecule has 0 saturated carbocycles. The molecule has 1 atom stereocenters. The van der Waals surface area contributed by atoms with E-state index < -0.39 is 0 Å². The van der Waals surface area contributed by atoms with Crippen molar-refractivity contribution in [3.63, 3.8) is 0 Å². The summed E-state index contributed by atoms with van der Waals surface area (Å²) in [5.74, 6) is 0.741. The van der Waals surface area contributed by atoms with E-state index in [1.807, 2.05) is 36.0 Å². The molecule has 4 nitrogen and oxygen atoms in total. The van der Waals surface area contributed by atoms with E-state index >= 15 is 0 Å². The van der Waals surface area contributed by atoms with Gasteiger partial charge in [0, 0.05) is 24.1 Å². The summed E-state index contributed by atoms with van der Waals surface area (Å²) in [4.78, 5) is 14.8. The second kappa shape index (κ2) is 7.18. The highest BCUT2D eigenvalue weighted by molar-refractivity contribution is 8.00. The molecular formula is C19H22N2O2S. The molecule has 0 aliphatic carbocycles. The molecule has 0 fully saturated rings. The molecule has 1 N–H and O–H groups in total. The number of aryl methyl sites for hydroxylation is 1. The summed E-state index contributed by atoms with van der Waals surface area (Å²) in [5.41, 5.74) is 3.36. The lowest BCUT2D eigenvalue weighted by molar-refractivity contribution is -0.114. The number of benzene rings is 2. The number of carbonyl (C=O) groups is 1. The fraction of sp³-hybridized carbons (Fsp3) is 0.316. The van der Waals surface area contributed by atoms with Gasteiger partial charge in [0.2, 0.25) is 5.91 Å². The Labute approximate surface area is 147 Å². The van der Waals surface area contributed by atoms with Gasteiger partial charge in [-0.05, 0) is 55.8 Å². The summed E-state index contributed by atoms with van der Waals surface area (Å²) in [5, 5.41) is 3.04. The Balaban J connectivity index is 1.63. The molecule has 0 aromatic heterocycles. The van der Waals surface area contributed by atoms with Crippen LogP contribution in [0.15, 0.2) is 47.4 Å². The molecule has 0 radical (unpaired) electrons. The van der Waals surface area contributed by atoms with Crippen molar-refractivity contribution in [3.8, 4) is 5.75 Å². The fourth-order valence-corrected chi connectivity index (χ4v) is 4.08. The number of nitrogens with zero attached hydrogens (tertiary/aromatic N) is 1. The van der Waals surface area contributed by atoms with Crippen molar-refractivity contribution in [3.05, 3.63) is 48.0 Å². The Bertz CT molecular complexity index is 731. The Hall–Kier alpha value is -2.14. The van der Waals surface area contributed by atoms with Crippen LogP contribution in [0.2, 0.25) is 0 Å². The van der Waals surface area contributed by atoms with Crippen LogP contribution in [0.5, 0.6) is 5.75 Å². The number of ether oxygens (including phenoxy) is 1. The van der Waals surface area contributed by atoms with Crippen LogP contribution < -0.4 is 15.0 Å². The van der Waals surface area contributed by atoms with Crippen LogP contribution in [0.25, 0.3) is 0 Å². The molecule has 2 aromatic rings. The van der Waals surface area contributed by atoms with E-state index in [4.69, 9.17) is 4.74 Å². The normalized spacial score (nSPS) is 16.0. The molecule has 0 spiro atoms. The first-order valence-electron chi connectivity index (χ1n) is 8.11. The Morgan fingerprint density at radius 2 is 2.00 bits per heavy atom. The standard InChI is InChI=1S/C19H22N2O2S/c1-4-21-17-11-13(2)5-10-18(17)24-19(21)12-23-16-8-6-15(7-9-16)20-14(3)22/h5-11,19H,4,12H2,1-3H3,(H,20,22). The van der Waals surface area contributed by atoms with Gasteiger partial charge in [0.1, 0.15) is 17.7 Å². The van der Waals surface area contributed by atoms with Crippen LogP contribution in [0.4, 0.5) is 11.4 Å². The van der Waals surface area contributed by atoms with Crippen molar-refractivity contribution in [2.45, 2.75) is 31.0 Å². The lowest BCUT2D eigenvalue weighted by atomic mass is 10.2. The molecule has 1 amide bonds. The highest BCUT2D eigenvalue weighted by Gasteiger charge is 2.29. The number of amides is 1. The minimum absolute atomic E-state index is 0.0716. The van der Waals surface area contributed by atoms with Gasteiger partial charge in [-0.3, -0.25) is 4.79 Å². The van der Waals surface area contributed by atoms with Gasteiger partial charge in [0.05, 0.1) is 5.69 Å². The smallest absolute Gasteiger partial charge is 0.221 e. The maximum absolute atomic E-state index is 11.0. The minimum Gasteiger partial charge on any atom is -0.491 e. The maximum Gasteiger partial charge on any atom is 0.221 e. The average Bonchev–Trinajstić information content (AvgIpc) is 2.90. The third-order valence-corrected chi connectivity index (χ3v) is 5.20. The zero-order chi connectivity index (χ0) is 17.1. The van der Waals surface area contributed by atoms with Gasteiger partial charge in [0.15, 0.2) is 0 Å². The van der Waals surface area contributed by atoms with Crippen molar-refractivity contribution in [2.24, 2.45) is 0 Å². The van der Waals surface area contributed by atoms with E-state index in [2.05, 4.69) is 42.3 Å². The number of hydrogen-bond acceptors (Lipinski definition) is 4. The largest absolute Gasteiger partial charge is 0.491 e. The summed E-state index contributed by atoms with van der Waals surface area (Å²) in [7, 11) is 0. The first-order chi connectivity index (χ1) is 11.6. The number of fused-ring (bicyclic) bond motifs is 1. The number of thioether (sulfide) groups is 1. The monoisotopic (exact) mass is 342 g/mol. The van der Waals surface area contributed by atoms with E-state index in [9.17, 15) is 4.79 Å². The molecule has 1 aliphatic rings. The molecule has 2 aromatic carbocycles. The number of anilines is 2. The molecule has 0 saturated heterocycles. The van der Waals surface area contributed by atoms with Gasteiger partial charge in [-0.15, -0.1) is 0 Å². The molecule has 24 heavy (non-hydrogen) atoms. The number of nitrogens with one attached hydrogen (secondary N) is 1. The van der Waals surface area contributed by atoms with Gasteiger partial charge in [-0.2, -0.15) is 0 Å². The second-order valence-electron chi connectivity index (χ2n) is 5.85. The topological polar surface area (TPSA) is 41.6 Å². The molecule has 1 aliphatic heterocycles. The molecule has 126 valence electrons. The predicted octanol–water partition coefficient (Wildman–Crippen LogP) is 4.29. The van der Waals surface area contributed by atoms with Gasteiger partial charge in [0.25, 0.3) is 0 Å². The lowest BCUT2D eigenvalue weighted by Gasteiger charge is -2.25. The van der Waals surface area contributed by atoms with Crippen molar-refractivity contribution in [1.82, 2.24) is 0 Å². The third-order valence-electron chi connectivity index (χ3n) is 3.94. The Kier molecular flexibility index (Phi) is 5.00. The highest BCUT2D eigenvalue weighted by Crippen LogP contribution is 2.43. The molecule has 0 bridgehead atoms. The summed E-state index contributed by atoms with van der Waals surface area (Å²) < 4.78 is 5.97. The lowest BCUT2D eigenvalue weighted by Crippen LogP contribution is -2.33. The quantitative estimate of drug-likeness (QED) is 0.880. The first-order valence-corrected chi connectivity index (χ1v) is 8.99. The van der Waals surface area contributed by atoms with Gasteiger partial charge in [-0.1, -0.05) is 17.8 Å². The van der Waals surface area contributed by atoms with E-state index in [1.165, 1.54) is 23.1 Å². The zero-order valence-electron chi connectivity index (χ0n) is 14.2. The van der Waals surface area contributed by atoms with Crippen LogP contribution in [0.3, 0.4) is 0 Å². The number of hydrogen-bond donors (Lipinski definition) is 1. The van der Waals surface area contributed by atoms with Crippen LogP contribution in [0.1, 0.15) is 19.4 Å². The summed E-state index contributed by atoms with van der Waals surface area (Å²) in [6, 6.07) is 14.1. The van der Waals surface area contributed by atoms with Gasteiger partial charge >= 0.3 is 0 Å². The first kappa shape index (κ1) is 16.7.